The summed E-state index contributed by atoms with van der Waals surface area (Å²) in [5, 5.41) is 0.558. The number of hydrogen-bond acceptors (Lipinski definition) is 2. The summed E-state index contributed by atoms with van der Waals surface area (Å²) >= 11 is 12.2. The highest BCUT2D eigenvalue weighted by atomic mass is 35.5. The second-order valence-electron chi connectivity index (χ2n) is 3.67. The van der Waals surface area contributed by atoms with Gasteiger partial charge in [-0.15, -0.1) is 0 Å². The van der Waals surface area contributed by atoms with E-state index in [1.807, 2.05) is 11.9 Å². The molecule has 1 aliphatic heterocycles. The summed E-state index contributed by atoms with van der Waals surface area (Å²) in [5.41, 5.74) is 0.955. The van der Waals surface area contributed by atoms with Crippen LogP contribution in [0.25, 0.3) is 0 Å². The smallest absolute Gasteiger partial charge is 0.152 e. The molecule has 0 saturated carbocycles. The molecule has 4 heteroatoms. The summed E-state index contributed by atoms with van der Waals surface area (Å²) < 4.78 is 0. The molecule has 0 radical (unpaired) electrons. The van der Waals surface area contributed by atoms with E-state index in [0.29, 0.717) is 10.6 Å². The highest BCUT2D eigenvalue weighted by Crippen LogP contribution is 2.31. The fourth-order valence-corrected chi connectivity index (χ4v) is 2.08. The minimum Gasteiger partial charge on any atom is -0.359 e. The lowest BCUT2D eigenvalue weighted by Gasteiger charge is -2.27. The topological polar surface area (TPSA) is 15.6 Å². The fourth-order valence-electron chi connectivity index (χ4n) is 1.56. The van der Waals surface area contributed by atoms with Gasteiger partial charge in [-0.25, -0.2) is 4.99 Å². The molecule has 0 fully saturated rings. The van der Waals surface area contributed by atoms with Crippen molar-refractivity contribution >= 4 is 29.0 Å². The molecule has 0 spiro atoms. The molecule has 16 heavy (non-hydrogen) atoms. The van der Waals surface area contributed by atoms with E-state index in [0.717, 1.165) is 24.4 Å². The van der Waals surface area contributed by atoms with Crippen molar-refractivity contribution in [3.8, 4) is 0 Å². The zero-order valence-electron chi connectivity index (χ0n) is 9.63. The predicted octanol–water partition coefficient (Wildman–Crippen LogP) is 3.54. The van der Waals surface area contributed by atoms with Gasteiger partial charge in [-0.1, -0.05) is 49.4 Å². The van der Waals surface area contributed by atoms with Gasteiger partial charge in [-0.2, -0.15) is 0 Å². The first-order chi connectivity index (χ1) is 7.52. The third kappa shape index (κ3) is 2.50. The van der Waals surface area contributed by atoms with Crippen LogP contribution in [0.2, 0.25) is 0 Å². The molecule has 0 aliphatic carbocycles. The van der Waals surface area contributed by atoms with Crippen molar-refractivity contribution in [2.45, 2.75) is 18.8 Å². The van der Waals surface area contributed by atoms with Crippen LogP contribution in [-0.2, 0) is 0 Å². The van der Waals surface area contributed by atoms with Crippen molar-refractivity contribution < 1.29 is 0 Å². The van der Waals surface area contributed by atoms with E-state index in [2.05, 4.69) is 25.1 Å². The molecule has 1 unspecified atom stereocenters. The quantitative estimate of drug-likeness (QED) is 0.559. The van der Waals surface area contributed by atoms with Crippen LogP contribution in [-0.4, -0.2) is 29.8 Å². The van der Waals surface area contributed by atoms with E-state index in [1.54, 1.807) is 6.08 Å². The summed E-state index contributed by atoms with van der Waals surface area (Å²) in [5.74, 6) is 0.786. The van der Waals surface area contributed by atoms with Crippen molar-refractivity contribution in [2.75, 3.05) is 13.6 Å². The average molecular weight is 259 g/mol. The van der Waals surface area contributed by atoms with Gasteiger partial charge in [0.05, 0.1) is 5.03 Å². The lowest BCUT2D eigenvalue weighted by molar-refractivity contribution is 0.498. The van der Waals surface area contributed by atoms with Gasteiger partial charge in [0.25, 0.3) is 0 Å². The standard InChI is InChI=1S/C12H16Cl2N2/c1-5-7-16(4)12-9(6-2)10(13)8(3)11(14)15-12/h6,11H,2-3,5,7H2,1,4H3. The van der Waals surface area contributed by atoms with Gasteiger partial charge in [0.2, 0.25) is 0 Å². The summed E-state index contributed by atoms with van der Waals surface area (Å²) in [6.45, 7) is 10.6. The Morgan fingerprint density at radius 2 is 2.19 bits per heavy atom. The van der Waals surface area contributed by atoms with Crippen LogP contribution < -0.4 is 0 Å². The van der Waals surface area contributed by atoms with Crippen LogP contribution in [0, 0.1) is 0 Å². The van der Waals surface area contributed by atoms with Gasteiger partial charge in [0.15, 0.2) is 5.50 Å². The Hall–Kier alpha value is -0.730. The highest BCUT2D eigenvalue weighted by molar-refractivity contribution is 6.37. The highest BCUT2D eigenvalue weighted by Gasteiger charge is 2.24. The number of amidine groups is 1. The monoisotopic (exact) mass is 258 g/mol. The van der Waals surface area contributed by atoms with E-state index in [9.17, 15) is 0 Å². The van der Waals surface area contributed by atoms with Gasteiger partial charge in [0.1, 0.15) is 5.84 Å². The molecule has 88 valence electrons. The number of alkyl halides is 1. The molecule has 0 aromatic heterocycles. The predicted molar refractivity (Wildman–Crippen MR) is 72.2 cm³/mol. The van der Waals surface area contributed by atoms with E-state index in [1.165, 1.54) is 0 Å². The van der Waals surface area contributed by atoms with Gasteiger partial charge in [-0.3, -0.25) is 0 Å². The SMILES string of the molecule is C=CC1=C(Cl)C(=C)C(Cl)N=C1N(C)CCC. The third-order valence-electron chi connectivity index (χ3n) is 2.41. The van der Waals surface area contributed by atoms with Crippen LogP contribution in [0.5, 0.6) is 0 Å². The van der Waals surface area contributed by atoms with Crippen LogP contribution >= 0.6 is 23.2 Å². The van der Waals surface area contributed by atoms with Gasteiger partial charge >= 0.3 is 0 Å². The first kappa shape index (κ1) is 13.3. The Bertz CT molecular complexity index is 369. The number of hydrogen-bond donors (Lipinski definition) is 0. The Morgan fingerprint density at radius 1 is 1.56 bits per heavy atom. The molecule has 1 heterocycles. The first-order valence-corrected chi connectivity index (χ1v) is 5.99. The van der Waals surface area contributed by atoms with Gasteiger partial charge in [-0.05, 0) is 6.42 Å². The largest absolute Gasteiger partial charge is 0.359 e. The number of likely N-dealkylation sites (N-methyl/N-ethyl adjacent to an activating group) is 1. The normalized spacial score (nSPS) is 20.9. The lowest BCUT2D eigenvalue weighted by atomic mass is 10.1. The van der Waals surface area contributed by atoms with E-state index in [4.69, 9.17) is 23.2 Å². The number of dihydropyridines is 1. The number of rotatable bonds is 3. The lowest BCUT2D eigenvalue weighted by Crippen LogP contribution is -2.32. The van der Waals surface area contributed by atoms with Crippen molar-refractivity contribution in [1.82, 2.24) is 4.90 Å². The zero-order valence-corrected chi connectivity index (χ0v) is 11.1. The molecule has 0 aromatic carbocycles. The first-order valence-electron chi connectivity index (χ1n) is 5.17. The molecule has 0 bridgehead atoms. The molecule has 2 nitrogen and oxygen atoms in total. The minimum atomic E-state index is -0.481. The Morgan fingerprint density at radius 3 is 2.69 bits per heavy atom. The summed E-state index contributed by atoms with van der Waals surface area (Å²) in [7, 11) is 1.97. The van der Waals surface area contributed by atoms with Crippen LogP contribution in [0.15, 0.2) is 40.4 Å². The van der Waals surface area contributed by atoms with E-state index >= 15 is 0 Å². The molecule has 0 amide bonds. The summed E-state index contributed by atoms with van der Waals surface area (Å²) in [6.07, 6.45) is 2.73. The number of halogens is 2. The van der Waals surface area contributed by atoms with E-state index < -0.39 is 5.50 Å². The molecule has 0 N–H and O–H groups in total. The minimum absolute atomic E-state index is 0.481. The number of nitrogens with zero attached hydrogens (tertiary/aromatic N) is 2. The van der Waals surface area contributed by atoms with Gasteiger partial charge in [0, 0.05) is 24.7 Å². The van der Waals surface area contributed by atoms with Crippen molar-refractivity contribution in [2.24, 2.45) is 4.99 Å². The van der Waals surface area contributed by atoms with Crippen LogP contribution in [0.1, 0.15) is 13.3 Å². The maximum Gasteiger partial charge on any atom is 0.152 e. The molecular weight excluding hydrogens is 243 g/mol. The maximum atomic E-state index is 6.18. The van der Waals surface area contributed by atoms with Crippen LogP contribution in [0.4, 0.5) is 0 Å². The summed E-state index contributed by atoms with van der Waals surface area (Å²) in [4.78, 5) is 6.41. The molecular formula is C12H16Cl2N2. The molecule has 1 rings (SSSR count). The zero-order chi connectivity index (χ0) is 12.3. The average Bonchev–Trinajstić information content (AvgIpc) is 2.26. The Labute approximate surface area is 107 Å². The van der Waals surface area contributed by atoms with Gasteiger partial charge < -0.3 is 4.90 Å². The second kappa shape index (κ2) is 5.55. The molecule has 1 atom stereocenters. The number of aliphatic imine (C=N–C) groups is 1. The van der Waals surface area contributed by atoms with Crippen LogP contribution in [0.3, 0.4) is 0 Å². The molecule has 0 aromatic rings. The van der Waals surface area contributed by atoms with E-state index in [-0.39, 0.29) is 0 Å². The Balaban J connectivity index is 3.11. The van der Waals surface area contributed by atoms with Crippen molar-refractivity contribution in [1.29, 1.82) is 0 Å². The Kier molecular flexibility index (Phi) is 4.63. The van der Waals surface area contributed by atoms with Crippen molar-refractivity contribution in [3.05, 3.63) is 35.4 Å². The molecule has 1 aliphatic rings. The second-order valence-corrected chi connectivity index (χ2v) is 4.46. The maximum absolute atomic E-state index is 6.18. The molecule has 0 saturated heterocycles. The third-order valence-corrected chi connectivity index (χ3v) is 3.21. The fraction of sp³-hybridized carbons (Fsp3) is 0.417. The van der Waals surface area contributed by atoms with Crippen molar-refractivity contribution in [3.63, 3.8) is 0 Å². The summed E-state index contributed by atoms with van der Waals surface area (Å²) in [6, 6.07) is 0.